The summed E-state index contributed by atoms with van der Waals surface area (Å²) in [5.74, 6) is 0.196. The number of rotatable bonds is 4. The fraction of sp³-hybridized carbons (Fsp3) is 0.150. The number of halogens is 3. The summed E-state index contributed by atoms with van der Waals surface area (Å²) in [5, 5.41) is 2.81. The third kappa shape index (κ3) is 4.46. The van der Waals surface area contributed by atoms with Crippen LogP contribution in [0.25, 0.3) is 0 Å². The molecule has 1 amide bonds. The molecule has 0 unspecified atom stereocenters. The Bertz CT molecular complexity index is 990. The van der Waals surface area contributed by atoms with Gasteiger partial charge in [-0.15, -0.1) is 0 Å². The van der Waals surface area contributed by atoms with E-state index in [4.69, 9.17) is 0 Å². The van der Waals surface area contributed by atoms with Gasteiger partial charge < -0.3 is 10.2 Å². The van der Waals surface area contributed by atoms with Crippen LogP contribution < -0.4 is 10.2 Å². The minimum absolute atomic E-state index is 0.133. The number of para-hydroxylation sites is 1. The fourth-order valence-electron chi connectivity index (χ4n) is 2.60. The van der Waals surface area contributed by atoms with Crippen molar-refractivity contribution in [1.82, 2.24) is 9.97 Å². The number of nitrogens with zero attached hydrogens (tertiary/aromatic N) is 3. The van der Waals surface area contributed by atoms with Crippen molar-refractivity contribution >= 4 is 23.1 Å². The third-order valence-corrected chi connectivity index (χ3v) is 3.97. The highest BCUT2D eigenvalue weighted by molar-refractivity contribution is 6.04. The number of carbonyl (C=O) groups excluding carboxylic acids is 1. The Morgan fingerprint density at radius 3 is 2.39 bits per heavy atom. The molecule has 3 aromatic rings. The third-order valence-electron chi connectivity index (χ3n) is 3.97. The molecule has 2 aromatic carbocycles. The molecule has 0 aliphatic carbocycles. The Hall–Kier alpha value is -3.42. The van der Waals surface area contributed by atoms with E-state index in [1.165, 1.54) is 23.1 Å². The monoisotopic (exact) mass is 386 g/mol. The molecule has 0 aliphatic rings. The summed E-state index contributed by atoms with van der Waals surface area (Å²) >= 11 is 0. The number of hydrogen-bond donors (Lipinski definition) is 1. The molecule has 0 atom stereocenters. The summed E-state index contributed by atoms with van der Waals surface area (Å²) in [6.07, 6.45) is -4.45. The molecule has 144 valence electrons. The Kier molecular flexibility index (Phi) is 5.30. The topological polar surface area (TPSA) is 58.1 Å². The highest BCUT2D eigenvalue weighted by atomic mass is 19.4. The number of nitrogens with one attached hydrogen (secondary N) is 1. The van der Waals surface area contributed by atoms with E-state index in [2.05, 4.69) is 15.3 Å². The van der Waals surface area contributed by atoms with Gasteiger partial charge in [0, 0.05) is 24.5 Å². The normalized spacial score (nSPS) is 11.2. The zero-order valence-electron chi connectivity index (χ0n) is 15.2. The smallest absolute Gasteiger partial charge is 0.340 e. The fourth-order valence-corrected chi connectivity index (χ4v) is 2.60. The zero-order chi connectivity index (χ0) is 20.3. The van der Waals surface area contributed by atoms with Crippen molar-refractivity contribution in [3.8, 4) is 0 Å². The average molecular weight is 386 g/mol. The minimum Gasteiger partial charge on any atom is -0.340 e. The van der Waals surface area contributed by atoms with Crippen LogP contribution in [-0.4, -0.2) is 22.9 Å². The predicted octanol–water partition coefficient (Wildman–Crippen LogP) is 4.82. The molecular formula is C20H17F3N4O. The summed E-state index contributed by atoms with van der Waals surface area (Å²) < 4.78 is 38.7. The van der Waals surface area contributed by atoms with E-state index in [9.17, 15) is 18.0 Å². The number of amides is 1. The Morgan fingerprint density at radius 2 is 1.71 bits per heavy atom. The number of carbonyl (C=O) groups is 1. The number of anilines is 3. The number of benzene rings is 2. The van der Waals surface area contributed by atoms with Crippen molar-refractivity contribution in [3.05, 3.63) is 77.7 Å². The number of aromatic nitrogens is 2. The average Bonchev–Trinajstić information content (AvgIpc) is 2.66. The molecule has 0 fully saturated rings. The van der Waals surface area contributed by atoms with Crippen molar-refractivity contribution in [2.45, 2.75) is 13.1 Å². The molecule has 3 rings (SSSR count). The molecule has 1 aromatic heterocycles. The lowest BCUT2D eigenvalue weighted by Crippen LogP contribution is -2.27. The van der Waals surface area contributed by atoms with Crippen LogP contribution >= 0.6 is 0 Å². The van der Waals surface area contributed by atoms with E-state index >= 15 is 0 Å². The van der Waals surface area contributed by atoms with Gasteiger partial charge in [-0.25, -0.2) is 9.97 Å². The quantitative estimate of drug-likeness (QED) is 0.698. The molecule has 0 bridgehead atoms. The van der Waals surface area contributed by atoms with Crippen molar-refractivity contribution in [2.75, 3.05) is 17.3 Å². The van der Waals surface area contributed by atoms with E-state index in [1.807, 2.05) is 18.2 Å². The summed E-state index contributed by atoms with van der Waals surface area (Å²) in [6, 6.07) is 15.2. The van der Waals surface area contributed by atoms with Crippen LogP contribution in [0.15, 0.2) is 60.7 Å². The van der Waals surface area contributed by atoms with Crippen LogP contribution in [-0.2, 0) is 6.18 Å². The Morgan fingerprint density at radius 1 is 1.00 bits per heavy atom. The Balaban J connectivity index is 1.87. The highest BCUT2D eigenvalue weighted by Gasteiger charge is 2.30. The first-order valence-electron chi connectivity index (χ1n) is 8.37. The standard InChI is InChI=1S/C20H17F3N4O/c1-13-24-17(19(28)27(2)16-9-4-3-5-10-16)12-18(25-13)26-15-8-6-7-14(11-15)20(21,22)23/h3-12H,1-2H3,(H,24,25,26). The molecule has 8 heteroatoms. The summed E-state index contributed by atoms with van der Waals surface area (Å²) in [4.78, 5) is 22.5. The van der Waals surface area contributed by atoms with E-state index in [-0.39, 0.29) is 23.1 Å². The first-order valence-corrected chi connectivity index (χ1v) is 8.37. The molecule has 28 heavy (non-hydrogen) atoms. The maximum absolute atomic E-state index is 12.9. The first kappa shape index (κ1) is 19.3. The van der Waals surface area contributed by atoms with Gasteiger partial charge in [0.2, 0.25) is 0 Å². The van der Waals surface area contributed by atoms with Gasteiger partial charge in [-0.05, 0) is 37.3 Å². The lowest BCUT2D eigenvalue weighted by atomic mass is 10.2. The second-order valence-electron chi connectivity index (χ2n) is 6.09. The molecule has 0 saturated heterocycles. The summed E-state index contributed by atoms with van der Waals surface area (Å²) in [5.41, 5.74) is 0.260. The van der Waals surface area contributed by atoms with E-state index in [0.717, 1.165) is 12.1 Å². The van der Waals surface area contributed by atoms with Gasteiger partial charge in [-0.1, -0.05) is 24.3 Å². The second kappa shape index (κ2) is 7.67. The molecule has 1 N–H and O–H groups in total. The minimum atomic E-state index is -4.45. The zero-order valence-corrected chi connectivity index (χ0v) is 15.2. The number of alkyl halides is 3. The van der Waals surface area contributed by atoms with Gasteiger partial charge in [0.15, 0.2) is 0 Å². The van der Waals surface area contributed by atoms with Gasteiger partial charge in [0.1, 0.15) is 17.3 Å². The lowest BCUT2D eigenvalue weighted by molar-refractivity contribution is -0.137. The molecule has 1 heterocycles. The van der Waals surface area contributed by atoms with Crippen LogP contribution in [0, 0.1) is 6.92 Å². The second-order valence-corrected chi connectivity index (χ2v) is 6.09. The van der Waals surface area contributed by atoms with E-state index < -0.39 is 11.7 Å². The van der Waals surface area contributed by atoms with Crippen molar-refractivity contribution in [3.63, 3.8) is 0 Å². The molecule has 0 aliphatic heterocycles. The molecular weight excluding hydrogens is 369 g/mol. The van der Waals surface area contributed by atoms with Crippen LogP contribution in [0.3, 0.4) is 0 Å². The van der Waals surface area contributed by atoms with Gasteiger partial charge >= 0.3 is 6.18 Å². The maximum atomic E-state index is 12.9. The highest BCUT2D eigenvalue weighted by Crippen LogP contribution is 2.31. The molecule has 0 radical (unpaired) electrons. The molecule has 0 saturated carbocycles. The summed E-state index contributed by atoms with van der Waals surface area (Å²) in [6.45, 7) is 1.61. The van der Waals surface area contributed by atoms with Crippen molar-refractivity contribution < 1.29 is 18.0 Å². The van der Waals surface area contributed by atoms with E-state index in [1.54, 1.807) is 26.1 Å². The SMILES string of the molecule is Cc1nc(Nc2cccc(C(F)(F)F)c2)cc(C(=O)N(C)c2ccccc2)n1. The van der Waals surface area contributed by atoms with E-state index in [0.29, 0.717) is 11.5 Å². The molecule has 5 nitrogen and oxygen atoms in total. The predicted molar refractivity (Wildman–Crippen MR) is 101 cm³/mol. The van der Waals surface area contributed by atoms with Crippen molar-refractivity contribution in [1.29, 1.82) is 0 Å². The van der Waals surface area contributed by atoms with Gasteiger partial charge in [-0.2, -0.15) is 13.2 Å². The van der Waals surface area contributed by atoms with Crippen LogP contribution in [0.4, 0.5) is 30.4 Å². The van der Waals surface area contributed by atoms with Crippen LogP contribution in [0.1, 0.15) is 21.9 Å². The van der Waals surface area contributed by atoms with Gasteiger partial charge in [-0.3, -0.25) is 4.79 Å². The van der Waals surface area contributed by atoms with Crippen LogP contribution in [0.2, 0.25) is 0 Å². The first-order chi connectivity index (χ1) is 13.2. The largest absolute Gasteiger partial charge is 0.416 e. The Labute approximate surface area is 159 Å². The number of aryl methyl sites for hydroxylation is 1. The maximum Gasteiger partial charge on any atom is 0.416 e. The van der Waals surface area contributed by atoms with Gasteiger partial charge in [0.25, 0.3) is 5.91 Å². The van der Waals surface area contributed by atoms with Crippen molar-refractivity contribution in [2.24, 2.45) is 0 Å². The number of hydrogen-bond acceptors (Lipinski definition) is 4. The molecule has 0 spiro atoms. The lowest BCUT2D eigenvalue weighted by Gasteiger charge is -2.17. The summed E-state index contributed by atoms with van der Waals surface area (Å²) in [7, 11) is 1.62. The van der Waals surface area contributed by atoms with Gasteiger partial charge in [0.05, 0.1) is 5.56 Å². The van der Waals surface area contributed by atoms with Crippen LogP contribution in [0.5, 0.6) is 0 Å².